The summed E-state index contributed by atoms with van der Waals surface area (Å²) in [4.78, 5) is 12.0. The maximum Gasteiger partial charge on any atom is 0.230 e. The number of nitrogens with zero attached hydrogens (tertiary/aromatic N) is 4. The number of carbonyl (C=O) groups excluding carboxylic acids is 1. The number of amides is 1. The second-order valence-corrected chi connectivity index (χ2v) is 8.44. The summed E-state index contributed by atoms with van der Waals surface area (Å²) in [6, 6.07) is 6.07. The summed E-state index contributed by atoms with van der Waals surface area (Å²) in [5, 5.41) is 17.7. The van der Waals surface area contributed by atoms with E-state index >= 15 is 0 Å². The van der Waals surface area contributed by atoms with Gasteiger partial charge in [0.05, 0.1) is 23.5 Å². The molecule has 1 heterocycles. The second kappa shape index (κ2) is 9.14. The Morgan fingerprint density at radius 3 is 2.73 bits per heavy atom. The van der Waals surface area contributed by atoms with E-state index in [9.17, 15) is 4.79 Å². The van der Waals surface area contributed by atoms with Crippen molar-refractivity contribution in [3.8, 4) is 5.69 Å². The van der Waals surface area contributed by atoms with E-state index in [1.165, 1.54) is 22.9 Å². The molecule has 0 saturated carbocycles. The first-order valence-electron chi connectivity index (χ1n) is 8.86. The Bertz CT molecular complexity index is 738. The van der Waals surface area contributed by atoms with Crippen molar-refractivity contribution in [1.82, 2.24) is 25.5 Å². The number of benzene rings is 1. The molecular formula is C18H29N6OS+. The third kappa shape index (κ3) is 6.42. The fourth-order valence-electron chi connectivity index (χ4n) is 2.33. The van der Waals surface area contributed by atoms with Gasteiger partial charge in [0.15, 0.2) is 0 Å². The number of aryl methyl sites for hydroxylation is 2. The van der Waals surface area contributed by atoms with Crippen LogP contribution in [-0.2, 0) is 4.79 Å². The average molecular weight is 378 g/mol. The van der Waals surface area contributed by atoms with Crippen LogP contribution in [0.3, 0.4) is 0 Å². The normalized spacial score (nSPS) is 11.6. The summed E-state index contributed by atoms with van der Waals surface area (Å²) in [5.74, 6) is 0.300. The Balaban J connectivity index is 1.80. The topological polar surface area (TPSA) is 89.3 Å². The van der Waals surface area contributed by atoms with Gasteiger partial charge in [-0.25, -0.2) is 0 Å². The molecule has 142 valence electrons. The highest BCUT2D eigenvalue weighted by atomic mass is 32.2. The van der Waals surface area contributed by atoms with E-state index in [4.69, 9.17) is 0 Å². The minimum atomic E-state index is 0.000366. The molecule has 0 radical (unpaired) electrons. The molecule has 0 saturated heterocycles. The molecule has 0 bridgehead atoms. The van der Waals surface area contributed by atoms with E-state index < -0.39 is 0 Å². The van der Waals surface area contributed by atoms with Crippen molar-refractivity contribution < 1.29 is 10.1 Å². The van der Waals surface area contributed by atoms with E-state index in [1.807, 2.05) is 18.2 Å². The summed E-state index contributed by atoms with van der Waals surface area (Å²) in [6.45, 7) is 12.4. The lowest BCUT2D eigenvalue weighted by atomic mass is 10.1. The van der Waals surface area contributed by atoms with Crippen molar-refractivity contribution in [2.75, 3.05) is 18.8 Å². The molecule has 0 fully saturated rings. The van der Waals surface area contributed by atoms with Gasteiger partial charge in [-0.05, 0) is 68.3 Å². The van der Waals surface area contributed by atoms with Gasteiger partial charge in [0.25, 0.3) is 0 Å². The van der Waals surface area contributed by atoms with Gasteiger partial charge in [0.2, 0.25) is 11.1 Å². The van der Waals surface area contributed by atoms with Gasteiger partial charge >= 0.3 is 0 Å². The zero-order chi connectivity index (χ0) is 19.2. The van der Waals surface area contributed by atoms with Gasteiger partial charge in [-0.1, -0.05) is 17.8 Å². The first-order valence-corrected chi connectivity index (χ1v) is 9.85. The summed E-state index contributed by atoms with van der Waals surface area (Å²) < 4.78 is 1.67. The van der Waals surface area contributed by atoms with Crippen LogP contribution in [0.25, 0.3) is 5.69 Å². The molecule has 0 aliphatic rings. The number of quaternary nitrogens is 1. The fraction of sp³-hybridized carbons (Fsp3) is 0.556. The Labute approximate surface area is 159 Å². The lowest BCUT2D eigenvalue weighted by Crippen LogP contribution is -2.94. The van der Waals surface area contributed by atoms with Gasteiger partial charge in [0, 0.05) is 13.0 Å². The zero-order valence-electron chi connectivity index (χ0n) is 16.2. The van der Waals surface area contributed by atoms with Crippen LogP contribution in [-0.4, -0.2) is 50.5 Å². The Kier molecular flexibility index (Phi) is 7.16. The molecule has 2 rings (SSSR count). The molecule has 0 aliphatic heterocycles. The first-order chi connectivity index (χ1) is 12.3. The number of hydrogen-bond donors (Lipinski definition) is 2. The number of carbonyl (C=O) groups is 1. The number of nitrogens with two attached hydrogens (primary N) is 1. The van der Waals surface area contributed by atoms with E-state index in [0.29, 0.717) is 17.5 Å². The van der Waals surface area contributed by atoms with Crippen LogP contribution < -0.4 is 10.6 Å². The second-order valence-electron chi connectivity index (χ2n) is 7.49. The van der Waals surface area contributed by atoms with Crippen LogP contribution in [0.1, 0.15) is 38.3 Å². The van der Waals surface area contributed by atoms with Crippen LogP contribution in [0, 0.1) is 13.8 Å². The summed E-state index contributed by atoms with van der Waals surface area (Å²) in [6.07, 6.45) is 0.952. The first kappa shape index (κ1) is 20.4. The van der Waals surface area contributed by atoms with Crippen molar-refractivity contribution in [3.05, 3.63) is 29.3 Å². The quantitative estimate of drug-likeness (QED) is 0.534. The molecule has 0 unspecified atom stereocenters. The van der Waals surface area contributed by atoms with Crippen molar-refractivity contribution in [3.63, 3.8) is 0 Å². The number of rotatable bonds is 8. The molecule has 8 heteroatoms. The molecule has 0 aliphatic carbocycles. The van der Waals surface area contributed by atoms with Crippen molar-refractivity contribution >= 4 is 17.7 Å². The minimum absolute atomic E-state index is 0.000366. The molecule has 0 atom stereocenters. The number of hydrogen-bond acceptors (Lipinski definition) is 5. The Morgan fingerprint density at radius 1 is 1.27 bits per heavy atom. The van der Waals surface area contributed by atoms with E-state index in [0.717, 1.165) is 18.7 Å². The van der Waals surface area contributed by atoms with Gasteiger partial charge in [-0.3, -0.25) is 4.79 Å². The fourth-order valence-corrected chi connectivity index (χ4v) is 3.06. The van der Waals surface area contributed by atoms with Crippen LogP contribution in [0.4, 0.5) is 0 Å². The number of tetrazole rings is 1. The lowest BCUT2D eigenvalue weighted by molar-refractivity contribution is -0.717. The molecule has 2 aromatic rings. The average Bonchev–Trinajstić information content (AvgIpc) is 3.02. The monoisotopic (exact) mass is 377 g/mol. The molecule has 26 heavy (non-hydrogen) atoms. The predicted octanol–water partition coefficient (Wildman–Crippen LogP) is 1.24. The minimum Gasteiger partial charge on any atom is -0.355 e. The largest absolute Gasteiger partial charge is 0.355 e. The maximum atomic E-state index is 12.0. The highest BCUT2D eigenvalue weighted by Gasteiger charge is 2.13. The number of aromatic nitrogens is 4. The van der Waals surface area contributed by atoms with Crippen LogP contribution in [0.2, 0.25) is 0 Å². The predicted molar refractivity (Wildman–Crippen MR) is 104 cm³/mol. The van der Waals surface area contributed by atoms with Gasteiger partial charge in [0.1, 0.15) is 0 Å². The third-order valence-corrected chi connectivity index (χ3v) is 4.89. The highest BCUT2D eigenvalue weighted by molar-refractivity contribution is 7.99. The SMILES string of the molecule is Cc1ccc(-n2nnnc2SCC(=O)NCCC[NH2+]C(C)(C)C)cc1C. The van der Waals surface area contributed by atoms with Crippen molar-refractivity contribution in [2.45, 2.75) is 51.7 Å². The highest BCUT2D eigenvalue weighted by Crippen LogP contribution is 2.19. The van der Waals surface area contributed by atoms with Crippen LogP contribution in [0.5, 0.6) is 0 Å². The van der Waals surface area contributed by atoms with Gasteiger partial charge in [-0.15, -0.1) is 5.10 Å². The van der Waals surface area contributed by atoms with E-state index in [2.05, 4.69) is 60.8 Å². The Hall–Kier alpha value is -1.93. The van der Waals surface area contributed by atoms with Gasteiger partial charge < -0.3 is 10.6 Å². The molecule has 1 amide bonds. The molecule has 7 nitrogen and oxygen atoms in total. The molecule has 3 N–H and O–H groups in total. The molecule has 1 aromatic heterocycles. The maximum absolute atomic E-state index is 12.0. The van der Waals surface area contributed by atoms with E-state index in [1.54, 1.807) is 4.68 Å². The standard InChI is InChI=1S/C18H28N6OS/c1-13-7-8-15(11-14(13)2)24-17(21-22-23-24)26-12-16(25)19-9-6-10-20-18(3,4)5/h7-8,11,20H,6,9-10,12H2,1-5H3,(H,19,25)/p+1. The lowest BCUT2D eigenvalue weighted by Gasteiger charge is -2.16. The van der Waals surface area contributed by atoms with Crippen LogP contribution in [0.15, 0.2) is 23.4 Å². The molecule has 1 aromatic carbocycles. The summed E-state index contributed by atoms with van der Waals surface area (Å²) in [7, 11) is 0. The molecule has 0 spiro atoms. The number of thioether (sulfide) groups is 1. The van der Waals surface area contributed by atoms with Crippen LogP contribution >= 0.6 is 11.8 Å². The third-order valence-electron chi connectivity index (χ3n) is 3.97. The van der Waals surface area contributed by atoms with Gasteiger partial charge in [-0.2, -0.15) is 4.68 Å². The van der Waals surface area contributed by atoms with Crippen molar-refractivity contribution in [2.24, 2.45) is 0 Å². The van der Waals surface area contributed by atoms with E-state index in [-0.39, 0.29) is 11.4 Å². The summed E-state index contributed by atoms with van der Waals surface area (Å²) in [5.41, 5.74) is 3.53. The Morgan fingerprint density at radius 2 is 2.04 bits per heavy atom. The summed E-state index contributed by atoms with van der Waals surface area (Å²) >= 11 is 1.34. The molecular weight excluding hydrogens is 348 g/mol. The van der Waals surface area contributed by atoms with Crippen molar-refractivity contribution in [1.29, 1.82) is 0 Å². The number of nitrogens with one attached hydrogen (secondary N) is 1. The zero-order valence-corrected chi connectivity index (χ0v) is 17.1. The smallest absolute Gasteiger partial charge is 0.230 e.